The Labute approximate surface area is 143 Å². The van der Waals surface area contributed by atoms with E-state index in [0.717, 1.165) is 11.1 Å². The van der Waals surface area contributed by atoms with Gasteiger partial charge in [-0.15, -0.1) is 0 Å². The van der Waals surface area contributed by atoms with Crippen LogP contribution in [0.25, 0.3) is 0 Å². The average Bonchev–Trinajstić information content (AvgIpc) is 2.59. The summed E-state index contributed by atoms with van der Waals surface area (Å²) in [6.07, 6.45) is 0. The van der Waals surface area contributed by atoms with Gasteiger partial charge in [0.05, 0.1) is 5.92 Å². The number of carbonyl (C=O) groups is 1. The SMILES string of the molecule is CC(C(=O)NCC(C)(C)c1cccc(F)c1)C(N)c1ccccc1. The van der Waals surface area contributed by atoms with E-state index in [0.29, 0.717) is 6.54 Å². The van der Waals surface area contributed by atoms with Gasteiger partial charge in [0.1, 0.15) is 5.82 Å². The third-order valence-electron chi connectivity index (χ3n) is 4.45. The highest BCUT2D eigenvalue weighted by Gasteiger charge is 2.26. The van der Waals surface area contributed by atoms with E-state index >= 15 is 0 Å². The van der Waals surface area contributed by atoms with Gasteiger partial charge in [0, 0.05) is 18.0 Å². The van der Waals surface area contributed by atoms with Crippen molar-refractivity contribution in [1.29, 1.82) is 0 Å². The lowest BCUT2D eigenvalue weighted by atomic mass is 9.84. The van der Waals surface area contributed by atoms with Crippen LogP contribution in [0, 0.1) is 11.7 Å². The van der Waals surface area contributed by atoms with Gasteiger partial charge in [-0.25, -0.2) is 4.39 Å². The summed E-state index contributed by atoms with van der Waals surface area (Å²) in [5.74, 6) is -0.724. The maximum absolute atomic E-state index is 13.4. The van der Waals surface area contributed by atoms with Crippen LogP contribution in [0.3, 0.4) is 0 Å². The molecule has 2 rings (SSSR count). The van der Waals surface area contributed by atoms with Gasteiger partial charge >= 0.3 is 0 Å². The topological polar surface area (TPSA) is 55.1 Å². The summed E-state index contributed by atoms with van der Waals surface area (Å²) in [5.41, 5.74) is 7.62. The summed E-state index contributed by atoms with van der Waals surface area (Å²) in [6.45, 7) is 6.19. The fourth-order valence-electron chi connectivity index (χ4n) is 2.61. The molecule has 4 heteroatoms. The van der Waals surface area contributed by atoms with Crippen LogP contribution >= 0.6 is 0 Å². The molecule has 0 saturated carbocycles. The number of carbonyl (C=O) groups excluding carboxylic acids is 1. The van der Waals surface area contributed by atoms with Crippen molar-refractivity contribution in [3.8, 4) is 0 Å². The maximum atomic E-state index is 13.4. The molecule has 3 N–H and O–H groups in total. The number of rotatable bonds is 6. The zero-order valence-corrected chi connectivity index (χ0v) is 14.4. The van der Waals surface area contributed by atoms with Crippen molar-refractivity contribution in [3.63, 3.8) is 0 Å². The second-order valence-corrected chi connectivity index (χ2v) is 6.84. The maximum Gasteiger partial charge on any atom is 0.224 e. The predicted octanol–water partition coefficient (Wildman–Crippen LogP) is 3.56. The smallest absolute Gasteiger partial charge is 0.224 e. The van der Waals surface area contributed by atoms with Crippen molar-refractivity contribution in [2.75, 3.05) is 6.54 Å². The molecular weight excluding hydrogens is 303 g/mol. The van der Waals surface area contributed by atoms with Gasteiger partial charge in [0.25, 0.3) is 0 Å². The Hall–Kier alpha value is -2.20. The van der Waals surface area contributed by atoms with Crippen LogP contribution in [0.2, 0.25) is 0 Å². The lowest BCUT2D eigenvalue weighted by molar-refractivity contribution is -0.125. The zero-order valence-electron chi connectivity index (χ0n) is 14.4. The number of hydrogen-bond acceptors (Lipinski definition) is 2. The second kappa shape index (κ2) is 7.58. The third kappa shape index (κ3) is 4.42. The van der Waals surface area contributed by atoms with E-state index in [-0.39, 0.29) is 29.1 Å². The summed E-state index contributed by atoms with van der Waals surface area (Å²) in [4.78, 5) is 12.4. The van der Waals surface area contributed by atoms with E-state index in [1.165, 1.54) is 12.1 Å². The quantitative estimate of drug-likeness (QED) is 0.852. The van der Waals surface area contributed by atoms with Crippen LogP contribution in [-0.4, -0.2) is 12.5 Å². The molecule has 0 aliphatic rings. The van der Waals surface area contributed by atoms with Gasteiger partial charge in [-0.1, -0.05) is 63.2 Å². The van der Waals surface area contributed by atoms with Crippen molar-refractivity contribution in [2.45, 2.75) is 32.2 Å². The van der Waals surface area contributed by atoms with E-state index < -0.39 is 0 Å². The van der Waals surface area contributed by atoms with Crippen LogP contribution in [0.5, 0.6) is 0 Å². The highest BCUT2D eigenvalue weighted by atomic mass is 19.1. The van der Waals surface area contributed by atoms with Gasteiger partial charge < -0.3 is 11.1 Å². The van der Waals surface area contributed by atoms with E-state index in [2.05, 4.69) is 5.32 Å². The summed E-state index contributed by atoms with van der Waals surface area (Å²) < 4.78 is 13.4. The number of hydrogen-bond donors (Lipinski definition) is 2. The van der Waals surface area contributed by atoms with E-state index in [1.54, 1.807) is 6.07 Å². The zero-order chi connectivity index (χ0) is 17.7. The molecule has 0 fully saturated rings. The Balaban J connectivity index is 1.99. The van der Waals surface area contributed by atoms with Crippen LogP contribution < -0.4 is 11.1 Å². The standard InChI is InChI=1S/C20H25FN2O/c1-14(18(22)15-8-5-4-6-9-15)19(24)23-13-20(2,3)16-10-7-11-17(21)12-16/h4-12,14,18H,13,22H2,1-3H3,(H,23,24). The molecule has 0 aliphatic heterocycles. The average molecular weight is 328 g/mol. The molecule has 24 heavy (non-hydrogen) atoms. The van der Waals surface area contributed by atoms with Gasteiger partial charge in [-0.05, 0) is 23.3 Å². The van der Waals surface area contributed by atoms with Crippen LogP contribution in [0.1, 0.15) is 37.9 Å². The molecule has 1 amide bonds. The molecule has 3 nitrogen and oxygen atoms in total. The summed E-state index contributed by atoms with van der Waals surface area (Å²) >= 11 is 0. The molecule has 0 radical (unpaired) electrons. The van der Waals surface area contributed by atoms with Crippen LogP contribution in [-0.2, 0) is 10.2 Å². The molecule has 0 aliphatic carbocycles. The van der Waals surface area contributed by atoms with Gasteiger partial charge in [0.15, 0.2) is 0 Å². The van der Waals surface area contributed by atoms with E-state index in [1.807, 2.05) is 57.2 Å². The molecule has 128 valence electrons. The molecule has 0 spiro atoms. The summed E-state index contributed by atoms with van der Waals surface area (Å²) in [7, 11) is 0. The number of benzene rings is 2. The first kappa shape index (κ1) is 18.1. The Bertz CT molecular complexity index is 685. The molecule has 2 aromatic carbocycles. The van der Waals surface area contributed by atoms with E-state index in [4.69, 9.17) is 5.73 Å². The van der Waals surface area contributed by atoms with Crippen molar-refractivity contribution >= 4 is 5.91 Å². The largest absolute Gasteiger partial charge is 0.355 e. The first-order valence-corrected chi connectivity index (χ1v) is 8.15. The van der Waals surface area contributed by atoms with Gasteiger partial charge in [-0.3, -0.25) is 4.79 Å². The Morgan fingerprint density at radius 3 is 2.46 bits per heavy atom. The molecule has 2 aromatic rings. The van der Waals surface area contributed by atoms with Gasteiger partial charge in [0.2, 0.25) is 5.91 Å². The normalized spacial score (nSPS) is 14.0. The van der Waals surface area contributed by atoms with Crippen LogP contribution in [0.4, 0.5) is 4.39 Å². The van der Waals surface area contributed by atoms with Crippen molar-refractivity contribution in [3.05, 3.63) is 71.5 Å². The van der Waals surface area contributed by atoms with Crippen molar-refractivity contribution in [2.24, 2.45) is 11.7 Å². The number of nitrogens with one attached hydrogen (secondary N) is 1. The Morgan fingerprint density at radius 2 is 1.83 bits per heavy atom. The highest BCUT2D eigenvalue weighted by molar-refractivity contribution is 5.79. The Kier molecular flexibility index (Phi) is 5.73. The summed E-state index contributed by atoms with van der Waals surface area (Å²) in [6, 6.07) is 15.7. The summed E-state index contributed by atoms with van der Waals surface area (Å²) in [5, 5.41) is 2.95. The lowest BCUT2D eigenvalue weighted by Gasteiger charge is -2.27. The predicted molar refractivity (Wildman–Crippen MR) is 95.0 cm³/mol. The minimum atomic E-state index is -0.367. The molecule has 0 heterocycles. The lowest BCUT2D eigenvalue weighted by Crippen LogP contribution is -2.41. The number of halogens is 1. The van der Waals surface area contributed by atoms with Crippen molar-refractivity contribution in [1.82, 2.24) is 5.32 Å². The molecule has 0 aromatic heterocycles. The third-order valence-corrected chi connectivity index (χ3v) is 4.45. The monoisotopic (exact) mass is 328 g/mol. The molecular formula is C20H25FN2O. The highest BCUT2D eigenvalue weighted by Crippen LogP contribution is 2.24. The fraction of sp³-hybridized carbons (Fsp3) is 0.350. The molecule has 0 bridgehead atoms. The number of amides is 1. The fourth-order valence-corrected chi connectivity index (χ4v) is 2.61. The molecule has 0 saturated heterocycles. The molecule has 2 unspecified atom stereocenters. The van der Waals surface area contributed by atoms with Crippen molar-refractivity contribution < 1.29 is 9.18 Å². The first-order chi connectivity index (χ1) is 11.3. The van der Waals surface area contributed by atoms with E-state index in [9.17, 15) is 9.18 Å². The molecule has 2 atom stereocenters. The minimum Gasteiger partial charge on any atom is -0.355 e. The first-order valence-electron chi connectivity index (χ1n) is 8.15. The minimum absolute atomic E-state index is 0.101. The second-order valence-electron chi connectivity index (χ2n) is 6.84. The van der Waals surface area contributed by atoms with Crippen LogP contribution in [0.15, 0.2) is 54.6 Å². The van der Waals surface area contributed by atoms with Gasteiger partial charge in [-0.2, -0.15) is 0 Å². The number of nitrogens with two attached hydrogens (primary N) is 1. The Morgan fingerprint density at radius 1 is 1.17 bits per heavy atom.